The maximum absolute atomic E-state index is 12.8. The smallest absolute Gasteiger partial charge is 0.318 e. The number of carbonyl (C=O) groups is 1. The minimum Gasteiger partial charge on any atom is -0.331 e. The zero-order valence-electron chi connectivity index (χ0n) is 16.6. The third-order valence-corrected chi connectivity index (χ3v) is 5.82. The monoisotopic (exact) mass is 445 g/mol. The molecule has 10 heteroatoms. The molecule has 4 rings (SSSR count). The van der Waals surface area contributed by atoms with E-state index in [0.717, 1.165) is 22.6 Å². The highest BCUT2D eigenvalue weighted by Gasteiger charge is 2.24. The summed E-state index contributed by atoms with van der Waals surface area (Å²) in [6, 6.07) is 6.83. The molecule has 0 aliphatic carbocycles. The summed E-state index contributed by atoms with van der Waals surface area (Å²) in [6.45, 7) is 2.93. The van der Waals surface area contributed by atoms with Crippen molar-refractivity contribution in [1.29, 1.82) is 0 Å². The van der Waals surface area contributed by atoms with Gasteiger partial charge in [0.1, 0.15) is 5.82 Å². The molecule has 0 spiro atoms. The van der Waals surface area contributed by atoms with Crippen LogP contribution in [0.3, 0.4) is 0 Å². The van der Waals surface area contributed by atoms with Crippen molar-refractivity contribution < 1.29 is 4.79 Å². The number of nitrogens with one attached hydrogen (secondary N) is 2. The van der Waals surface area contributed by atoms with Gasteiger partial charge < -0.3 is 15.5 Å². The number of halogens is 2. The van der Waals surface area contributed by atoms with Crippen LogP contribution in [0.4, 0.5) is 16.6 Å². The predicted molar refractivity (Wildman–Crippen MR) is 116 cm³/mol. The topological polar surface area (TPSA) is 88.0 Å². The number of anilines is 2. The highest BCUT2D eigenvalue weighted by atomic mass is 35.5. The van der Waals surface area contributed by atoms with E-state index in [4.69, 9.17) is 23.2 Å². The number of aromatic nitrogens is 4. The van der Waals surface area contributed by atoms with Crippen molar-refractivity contribution in [3.05, 3.63) is 63.5 Å². The van der Waals surface area contributed by atoms with Crippen molar-refractivity contribution in [1.82, 2.24) is 30.0 Å². The first-order chi connectivity index (χ1) is 14.4. The molecule has 0 fully saturated rings. The van der Waals surface area contributed by atoms with Crippen LogP contribution in [-0.4, -0.2) is 37.2 Å². The molecule has 2 N–H and O–H groups in total. The number of amides is 2. The van der Waals surface area contributed by atoms with E-state index in [1.54, 1.807) is 27.9 Å². The highest BCUT2D eigenvalue weighted by Crippen LogP contribution is 2.26. The van der Waals surface area contributed by atoms with Gasteiger partial charge in [-0.3, -0.25) is 4.68 Å². The first kappa shape index (κ1) is 20.4. The first-order valence-electron chi connectivity index (χ1n) is 9.51. The van der Waals surface area contributed by atoms with Crippen LogP contribution in [-0.2, 0) is 20.0 Å². The summed E-state index contributed by atoms with van der Waals surface area (Å²) in [5, 5.41) is 11.2. The molecular formula is C20H21Cl2N7O. The minimum atomic E-state index is -0.207. The molecule has 3 heterocycles. The van der Waals surface area contributed by atoms with E-state index in [1.165, 1.54) is 0 Å². The van der Waals surface area contributed by atoms with Gasteiger partial charge >= 0.3 is 6.03 Å². The molecule has 3 aromatic rings. The normalized spacial score (nSPS) is 14.2. The number of fused-ring (bicyclic) bond motifs is 1. The van der Waals surface area contributed by atoms with Gasteiger partial charge in [0, 0.05) is 25.9 Å². The summed E-state index contributed by atoms with van der Waals surface area (Å²) in [4.78, 5) is 23.5. The number of benzene rings is 1. The van der Waals surface area contributed by atoms with Crippen LogP contribution in [0.25, 0.3) is 0 Å². The van der Waals surface area contributed by atoms with Crippen LogP contribution in [0.15, 0.2) is 36.7 Å². The molecule has 0 saturated carbocycles. The third-order valence-electron chi connectivity index (χ3n) is 5.08. The number of aryl methyl sites for hydroxylation is 1. The fourth-order valence-corrected chi connectivity index (χ4v) is 3.60. The number of carbonyl (C=O) groups excluding carboxylic acids is 1. The molecule has 30 heavy (non-hydrogen) atoms. The second-order valence-corrected chi connectivity index (χ2v) is 7.96. The molecule has 0 saturated heterocycles. The van der Waals surface area contributed by atoms with E-state index in [2.05, 4.69) is 25.7 Å². The van der Waals surface area contributed by atoms with Gasteiger partial charge in [-0.1, -0.05) is 29.3 Å². The van der Waals surface area contributed by atoms with Gasteiger partial charge in [-0.25, -0.2) is 14.8 Å². The lowest BCUT2D eigenvalue weighted by Gasteiger charge is -2.29. The van der Waals surface area contributed by atoms with Crippen LogP contribution in [0.1, 0.15) is 29.8 Å². The number of hydrogen-bond acceptors (Lipinski definition) is 5. The maximum atomic E-state index is 12.8. The number of nitrogens with zero attached hydrogens (tertiary/aromatic N) is 5. The summed E-state index contributed by atoms with van der Waals surface area (Å²) in [7, 11) is 1.84. The van der Waals surface area contributed by atoms with Crippen molar-refractivity contribution in [2.24, 2.45) is 7.05 Å². The van der Waals surface area contributed by atoms with Crippen LogP contribution in [0.2, 0.25) is 10.0 Å². The lowest BCUT2D eigenvalue weighted by Crippen LogP contribution is -2.43. The van der Waals surface area contributed by atoms with Gasteiger partial charge in [-0.2, -0.15) is 5.10 Å². The Bertz CT molecular complexity index is 1080. The summed E-state index contributed by atoms with van der Waals surface area (Å²) < 4.78 is 1.70. The van der Waals surface area contributed by atoms with E-state index in [-0.39, 0.29) is 12.1 Å². The number of hydrogen-bond donors (Lipinski definition) is 2. The fraction of sp³-hybridized carbons (Fsp3) is 0.300. The molecule has 1 aliphatic rings. The van der Waals surface area contributed by atoms with Gasteiger partial charge in [0.15, 0.2) is 0 Å². The largest absolute Gasteiger partial charge is 0.331 e. The van der Waals surface area contributed by atoms with Gasteiger partial charge in [-0.15, -0.1) is 0 Å². The van der Waals surface area contributed by atoms with Crippen molar-refractivity contribution >= 4 is 41.0 Å². The highest BCUT2D eigenvalue weighted by molar-refractivity contribution is 6.42. The molecule has 2 aromatic heterocycles. The van der Waals surface area contributed by atoms with Crippen LogP contribution in [0.5, 0.6) is 0 Å². The molecule has 1 aliphatic heterocycles. The quantitative estimate of drug-likeness (QED) is 0.631. The molecular weight excluding hydrogens is 425 g/mol. The predicted octanol–water partition coefficient (Wildman–Crippen LogP) is 4.09. The zero-order chi connectivity index (χ0) is 21.3. The lowest BCUT2D eigenvalue weighted by atomic mass is 10.1. The van der Waals surface area contributed by atoms with Gasteiger partial charge in [0.05, 0.1) is 34.5 Å². The molecule has 8 nitrogen and oxygen atoms in total. The summed E-state index contributed by atoms with van der Waals surface area (Å²) >= 11 is 12.1. The molecule has 2 amide bonds. The number of urea groups is 1. The van der Waals surface area contributed by atoms with Crippen molar-refractivity contribution in [3.8, 4) is 0 Å². The van der Waals surface area contributed by atoms with Crippen molar-refractivity contribution in [3.63, 3.8) is 0 Å². The summed E-state index contributed by atoms with van der Waals surface area (Å²) in [6.07, 6.45) is 4.21. The Labute approximate surface area is 184 Å². The summed E-state index contributed by atoms with van der Waals surface area (Å²) in [5.41, 5.74) is 2.77. The molecule has 0 unspecified atom stereocenters. The van der Waals surface area contributed by atoms with Gasteiger partial charge in [-0.05, 0) is 36.6 Å². The third kappa shape index (κ3) is 4.34. The zero-order valence-corrected chi connectivity index (χ0v) is 18.1. The van der Waals surface area contributed by atoms with Crippen LogP contribution in [0, 0.1) is 0 Å². The molecule has 0 bridgehead atoms. The fourth-order valence-electron chi connectivity index (χ4n) is 3.29. The molecule has 1 aromatic carbocycles. The second kappa shape index (κ2) is 8.49. The maximum Gasteiger partial charge on any atom is 0.318 e. The minimum absolute atomic E-state index is 0.154. The number of rotatable bonds is 4. The van der Waals surface area contributed by atoms with Crippen molar-refractivity contribution in [2.75, 3.05) is 11.9 Å². The average molecular weight is 446 g/mol. The van der Waals surface area contributed by atoms with Gasteiger partial charge in [0.2, 0.25) is 5.95 Å². The SMILES string of the molecule is C[C@@H](NC(=O)N1CCc2cnc(Nc3ccnn3C)nc2C1)c1ccc(Cl)c(Cl)c1. The molecule has 156 valence electrons. The van der Waals surface area contributed by atoms with Gasteiger partial charge in [0.25, 0.3) is 0 Å². The Morgan fingerprint density at radius 1 is 1.23 bits per heavy atom. The lowest BCUT2D eigenvalue weighted by molar-refractivity contribution is 0.188. The first-order valence-corrected chi connectivity index (χ1v) is 10.3. The standard InChI is InChI=1S/C20H21Cl2N7O/c1-12(13-3-4-15(21)16(22)9-13)25-20(30)29-8-6-14-10-23-19(26-17(14)11-29)27-18-5-7-24-28(18)2/h3-5,7,9-10,12H,6,8,11H2,1-2H3,(H,25,30)(H,23,26,27)/t12-/m1/s1. The Morgan fingerprint density at radius 3 is 2.80 bits per heavy atom. The molecule has 0 radical (unpaired) electrons. The van der Waals surface area contributed by atoms with E-state index in [9.17, 15) is 4.79 Å². The van der Waals surface area contributed by atoms with Crippen LogP contribution < -0.4 is 10.6 Å². The van der Waals surface area contributed by atoms with E-state index < -0.39 is 0 Å². The van der Waals surface area contributed by atoms with E-state index in [1.807, 2.05) is 32.3 Å². The van der Waals surface area contributed by atoms with E-state index >= 15 is 0 Å². The van der Waals surface area contributed by atoms with Crippen molar-refractivity contribution in [2.45, 2.75) is 25.9 Å². The van der Waals surface area contributed by atoms with E-state index in [0.29, 0.717) is 35.5 Å². The van der Waals surface area contributed by atoms with Crippen LogP contribution >= 0.6 is 23.2 Å². The summed E-state index contributed by atoms with van der Waals surface area (Å²) in [5.74, 6) is 1.26. The molecule has 1 atom stereocenters. The Balaban J connectivity index is 1.43. The second-order valence-electron chi connectivity index (χ2n) is 7.15. The Hall–Kier alpha value is -2.84. The Morgan fingerprint density at radius 2 is 2.07 bits per heavy atom. The average Bonchev–Trinajstić information content (AvgIpc) is 3.13. The Kier molecular flexibility index (Phi) is 5.78.